The third kappa shape index (κ3) is 2.99. The van der Waals surface area contributed by atoms with Gasteiger partial charge in [0, 0.05) is 24.2 Å². The van der Waals surface area contributed by atoms with Gasteiger partial charge >= 0.3 is 0 Å². The molecule has 3 nitrogen and oxygen atoms in total. The summed E-state index contributed by atoms with van der Waals surface area (Å²) in [5, 5.41) is 3.46. The lowest BCUT2D eigenvalue weighted by Crippen LogP contribution is -2.28. The summed E-state index contributed by atoms with van der Waals surface area (Å²) in [4.78, 5) is 0. The van der Waals surface area contributed by atoms with Crippen LogP contribution in [0, 0.1) is 13.8 Å². The Bertz CT molecular complexity index is 399. The fourth-order valence-electron chi connectivity index (χ4n) is 2.23. The van der Waals surface area contributed by atoms with E-state index >= 15 is 0 Å². The van der Waals surface area contributed by atoms with Crippen molar-refractivity contribution < 1.29 is 4.74 Å². The Balaban J connectivity index is 2.15. The van der Waals surface area contributed by atoms with Gasteiger partial charge in [0.25, 0.3) is 0 Å². The second kappa shape index (κ2) is 5.07. The van der Waals surface area contributed by atoms with E-state index in [0.29, 0.717) is 6.04 Å². The molecule has 1 fully saturated rings. The number of aryl methyl sites for hydroxylation is 2. The van der Waals surface area contributed by atoms with E-state index in [9.17, 15) is 0 Å². The summed E-state index contributed by atoms with van der Waals surface area (Å²) in [6.07, 6.45) is 2.58. The van der Waals surface area contributed by atoms with Crippen LogP contribution in [-0.2, 0) is 0 Å². The third-order valence-corrected chi connectivity index (χ3v) is 3.26. The van der Waals surface area contributed by atoms with E-state index in [0.717, 1.165) is 23.4 Å². The molecule has 17 heavy (non-hydrogen) atoms. The predicted molar refractivity (Wildman–Crippen MR) is 70.4 cm³/mol. The van der Waals surface area contributed by atoms with Crippen LogP contribution in [0.25, 0.3) is 0 Å². The molecule has 0 amide bonds. The van der Waals surface area contributed by atoms with E-state index in [4.69, 9.17) is 10.5 Å². The largest absolute Gasteiger partial charge is 0.496 e. The molecule has 94 valence electrons. The fourth-order valence-corrected chi connectivity index (χ4v) is 2.23. The number of methoxy groups -OCH3 is 1. The molecule has 3 heteroatoms. The van der Waals surface area contributed by atoms with Crippen molar-refractivity contribution in [1.82, 2.24) is 5.32 Å². The summed E-state index contributed by atoms with van der Waals surface area (Å²) in [5.41, 5.74) is 9.75. The molecule has 1 saturated carbocycles. The number of ether oxygens (including phenoxy) is 1. The number of rotatable bonds is 5. The molecular weight excluding hydrogens is 212 g/mol. The molecule has 1 atom stereocenters. The normalized spacial score (nSPS) is 16.9. The van der Waals surface area contributed by atoms with Gasteiger partial charge < -0.3 is 15.8 Å². The van der Waals surface area contributed by atoms with Crippen molar-refractivity contribution in [3.63, 3.8) is 0 Å². The summed E-state index contributed by atoms with van der Waals surface area (Å²) < 4.78 is 5.47. The minimum absolute atomic E-state index is 0.00384. The van der Waals surface area contributed by atoms with Crippen LogP contribution in [0.4, 0.5) is 0 Å². The topological polar surface area (TPSA) is 47.3 Å². The molecule has 1 aromatic rings. The zero-order valence-electron chi connectivity index (χ0n) is 10.9. The molecule has 0 heterocycles. The molecule has 0 bridgehead atoms. The molecule has 3 N–H and O–H groups in total. The number of hydrogen-bond acceptors (Lipinski definition) is 3. The number of benzene rings is 1. The van der Waals surface area contributed by atoms with E-state index in [2.05, 4.69) is 31.3 Å². The van der Waals surface area contributed by atoms with Gasteiger partial charge in [0.1, 0.15) is 5.75 Å². The zero-order chi connectivity index (χ0) is 12.4. The number of nitrogens with two attached hydrogens (primary N) is 1. The highest BCUT2D eigenvalue weighted by atomic mass is 16.5. The average molecular weight is 234 g/mol. The van der Waals surface area contributed by atoms with Crippen LogP contribution in [0.2, 0.25) is 0 Å². The van der Waals surface area contributed by atoms with Crippen LogP contribution >= 0.6 is 0 Å². The van der Waals surface area contributed by atoms with E-state index < -0.39 is 0 Å². The van der Waals surface area contributed by atoms with E-state index in [-0.39, 0.29) is 6.04 Å². The Morgan fingerprint density at radius 2 is 2.12 bits per heavy atom. The SMILES string of the molecule is COc1c(C)cc(C)cc1C(N)CNC1CC1. The van der Waals surface area contributed by atoms with Gasteiger partial charge in [-0.15, -0.1) is 0 Å². The number of hydrogen-bond donors (Lipinski definition) is 2. The summed E-state index contributed by atoms with van der Waals surface area (Å²) in [7, 11) is 1.71. The highest BCUT2D eigenvalue weighted by Crippen LogP contribution is 2.29. The van der Waals surface area contributed by atoms with Gasteiger partial charge in [-0.1, -0.05) is 17.7 Å². The maximum absolute atomic E-state index is 6.24. The van der Waals surface area contributed by atoms with Crippen molar-refractivity contribution in [2.75, 3.05) is 13.7 Å². The summed E-state index contributed by atoms with van der Waals surface area (Å²) in [6, 6.07) is 4.95. The molecule has 2 rings (SSSR count). The molecule has 0 aliphatic heterocycles. The van der Waals surface area contributed by atoms with Crippen LogP contribution in [0.3, 0.4) is 0 Å². The first-order valence-corrected chi connectivity index (χ1v) is 6.26. The molecule has 1 aromatic carbocycles. The van der Waals surface area contributed by atoms with Crippen molar-refractivity contribution >= 4 is 0 Å². The lowest BCUT2D eigenvalue weighted by atomic mass is 10.00. The Hall–Kier alpha value is -1.06. The molecule has 0 radical (unpaired) electrons. The van der Waals surface area contributed by atoms with Gasteiger partial charge in [0.2, 0.25) is 0 Å². The van der Waals surface area contributed by atoms with Gasteiger partial charge in [-0.05, 0) is 32.3 Å². The van der Waals surface area contributed by atoms with Gasteiger partial charge in [0.05, 0.1) is 7.11 Å². The highest BCUT2D eigenvalue weighted by molar-refractivity contribution is 5.45. The van der Waals surface area contributed by atoms with Gasteiger partial charge in [-0.25, -0.2) is 0 Å². The standard InChI is InChI=1S/C14H22N2O/c1-9-6-10(2)14(17-3)12(7-9)13(15)8-16-11-4-5-11/h6-7,11,13,16H,4-5,8,15H2,1-3H3. The first-order valence-electron chi connectivity index (χ1n) is 6.26. The minimum atomic E-state index is 0.00384. The predicted octanol–water partition coefficient (Wildman–Crippen LogP) is 2.06. The monoisotopic (exact) mass is 234 g/mol. The molecular formula is C14H22N2O. The van der Waals surface area contributed by atoms with Gasteiger partial charge in [-0.2, -0.15) is 0 Å². The third-order valence-electron chi connectivity index (χ3n) is 3.26. The number of nitrogens with one attached hydrogen (secondary N) is 1. The average Bonchev–Trinajstić information content (AvgIpc) is 3.08. The smallest absolute Gasteiger partial charge is 0.126 e. The van der Waals surface area contributed by atoms with E-state index in [1.165, 1.54) is 18.4 Å². The second-order valence-electron chi connectivity index (χ2n) is 4.99. The quantitative estimate of drug-likeness (QED) is 0.820. The van der Waals surface area contributed by atoms with Crippen LogP contribution in [0.5, 0.6) is 5.75 Å². The van der Waals surface area contributed by atoms with Crippen LogP contribution in [-0.4, -0.2) is 19.7 Å². The Kier molecular flexibility index (Phi) is 3.69. The van der Waals surface area contributed by atoms with Crippen molar-refractivity contribution in [2.45, 2.75) is 38.8 Å². The Labute approximate surface area is 103 Å². The highest BCUT2D eigenvalue weighted by Gasteiger charge is 2.22. The summed E-state index contributed by atoms with van der Waals surface area (Å²) >= 11 is 0. The fraction of sp³-hybridized carbons (Fsp3) is 0.571. The maximum Gasteiger partial charge on any atom is 0.126 e. The molecule has 1 aliphatic rings. The van der Waals surface area contributed by atoms with E-state index in [1.807, 2.05) is 0 Å². The molecule has 0 saturated heterocycles. The summed E-state index contributed by atoms with van der Waals surface area (Å²) in [5.74, 6) is 0.931. The summed E-state index contributed by atoms with van der Waals surface area (Å²) in [6.45, 7) is 4.98. The minimum Gasteiger partial charge on any atom is -0.496 e. The van der Waals surface area contributed by atoms with Gasteiger partial charge in [-0.3, -0.25) is 0 Å². The van der Waals surface area contributed by atoms with E-state index in [1.54, 1.807) is 7.11 Å². The second-order valence-corrected chi connectivity index (χ2v) is 4.99. The van der Waals surface area contributed by atoms with Crippen LogP contribution in [0.15, 0.2) is 12.1 Å². The Morgan fingerprint density at radius 1 is 1.41 bits per heavy atom. The van der Waals surface area contributed by atoms with Crippen molar-refractivity contribution in [3.8, 4) is 5.75 Å². The zero-order valence-corrected chi connectivity index (χ0v) is 10.9. The van der Waals surface area contributed by atoms with Crippen LogP contribution in [0.1, 0.15) is 35.6 Å². The van der Waals surface area contributed by atoms with Crippen LogP contribution < -0.4 is 15.8 Å². The Morgan fingerprint density at radius 3 is 2.71 bits per heavy atom. The first-order chi connectivity index (χ1) is 8.11. The molecule has 1 aliphatic carbocycles. The molecule has 0 spiro atoms. The van der Waals surface area contributed by atoms with Crippen molar-refractivity contribution in [1.29, 1.82) is 0 Å². The first kappa shape index (κ1) is 12.4. The lowest BCUT2D eigenvalue weighted by Gasteiger charge is -2.19. The van der Waals surface area contributed by atoms with Gasteiger partial charge in [0.15, 0.2) is 0 Å². The lowest BCUT2D eigenvalue weighted by molar-refractivity contribution is 0.401. The molecule has 0 aromatic heterocycles. The van der Waals surface area contributed by atoms with Crippen molar-refractivity contribution in [2.24, 2.45) is 5.73 Å². The maximum atomic E-state index is 6.24. The molecule has 1 unspecified atom stereocenters. The van der Waals surface area contributed by atoms with Crippen molar-refractivity contribution in [3.05, 3.63) is 28.8 Å².